The molecule has 0 saturated carbocycles. The van der Waals surface area contributed by atoms with Crippen molar-refractivity contribution in [2.24, 2.45) is 5.92 Å². The smallest absolute Gasteiger partial charge is 0.320 e. The topological polar surface area (TPSA) is 62.5 Å². The van der Waals surface area contributed by atoms with Gasteiger partial charge < -0.3 is 14.8 Å². The van der Waals surface area contributed by atoms with E-state index in [9.17, 15) is 4.79 Å². The van der Waals surface area contributed by atoms with Crippen LogP contribution >= 0.6 is 0 Å². The van der Waals surface area contributed by atoms with Crippen molar-refractivity contribution in [1.29, 1.82) is 0 Å². The lowest BCUT2D eigenvalue weighted by Crippen LogP contribution is -2.43. The van der Waals surface area contributed by atoms with Crippen molar-refractivity contribution in [2.75, 3.05) is 0 Å². The molecule has 0 fully saturated rings. The maximum atomic E-state index is 11.1. The van der Waals surface area contributed by atoms with E-state index in [-0.39, 0.29) is 6.04 Å². The molecule has 2 N–H and O–H groups in total. The van der Waals surface area contributed by atoms with E-state index < -0.39 is 12.0 Å². The molecular weight excluding hydrogens is 218 g/mol. The van der Waals surface area contributed by atoms with E-state index in [0.717, 1.165) is 5.76 Å². The zero-order valence-electron chi connectivity index (χ0n) is 10.6. The highest BCUT2D eigenvalue weighted by Gasteiger charge is 2.20. The first-order valence-corrected chi connectivity index (χ1v) is 6.00. The minimum absolute atomic E-state index is 0.0843. The van der Waals surface area contributed by atoms with E-state index in [2.05, 4.69) is 5.32 Å². The fourth-order valence-corrected chi connectivity index (χ4v) is 1.84. The number of furan rings is 1. The molecule has 96 valence electrons. The summed E-state index contributed by atoms with van der Waals surface area (Å²) in [6.45, 7) is 6.02. The summed E-state index contributed by atoms with van der Waals surface area (Å²) in [5.74, 6) is 0.447. The second-order valence-corrected chi connectivity index (χ2v) is 4.87. The van der Waals surface area contributed by atoms with Crippen LogP contribution in [-0.2, 0) is 11.2 Å². The number of hydrogen-bond acceptors (Lipinski definition) is 3. The molecule has 0 bridgehead atoms. The molecule has 1 heterocycles. The van der Waals surface area contributed by atoms with Gasteiger partial charge in [0.1, 0.15) is 11.8 Å². The Morgan fingerprint density at radius 1 is 1.47 bits per heavy atom. The number of rotatable bonds is 7. The van der Waals surface area contributed by atoms with E-state index in [1.807, 2.05) is 32.9 Å². The average Bonchev–Trinajstić information content (AvgIpc) is 2.68. The van der Waals surface area contributed by atoms with Gasteiger partial charge in [-0.25, -0.2) is 0 Å². The second-order valence-electron chi connectivity index (χ2n) is 4.87. The van der Waals surface area contributed by atoms with E-state index in [1.165, 1.54) is 0 Å². The summed E-state index contributed by atoms with van der Waals surface area (Å²) in [7, 11) is 0. The van der Waals surface area contributed by atoms with E-state index in [1.54, 1.807) is 6.26 Å². The Bertz CT molecular complexity index is 332. The monoisotopic (exact) mass is 239 g/mol. The third-order valence-electron chi connectivity index (χ3n) is 2.58. The summed E-state index contributed by atoms with van der Waals surface area (Å²) in [4.78, 5) is 11.1. The number of nitrogens with one attached hydrogen (secondary N) is 1. The normalized spacial score (nSPS) is 14.8. The quantitative estimate of drug-likeness (QED) is 0.766. The van der Waals surface area contributed by atoms with Gasteiger partial charge in [-0.15, -0.1) is 0 Å². The third-order valence-corrected chi connectivity index (χ3v) is 2.58. The molecule has 0 radical (unpaired) electrons. The molecule has 2 atom stereocenters. The molecule has 0 aromatic carbocycles. The van der Waals surface area contributed by atoms with E-state index in [4.69, 9.17) is 9.52 Å². The summed E-state index contributed by atoms with van der Waals surface area (Å²) in [6, 6.07) is 3.34. The number of aliphatic carboxylic acids is 1. The Hall–Kier alpha value is -1.29. The number of carbonyl (C=O) groups is 1. The maximum Gasteiger partial charge on any atom is 0.320 e. The van der Waals surface area contributed by atoms with Crippen molar-refractivity contribution < 1.29 is 14.3 Å². The molecular formula is C13H21NO3. The van der Waals surface area contributed by atoms with Crippen LogP contribution in [0.25, 0.3) is 0 Å². The van der Waals surface area contributed by atoms with Crippen LogP contribution in [-0.4, -0.2) is 23.2 Å². The number of carboxylic acid groups (broad SMARTS) is 1. The molecule has 0 aliphatic heterocycles. The van der Waals surface area contributed by atoms with Gasteiger partial charge in [0.25, 0.3) is 0 Å². The molecule has 0 aliphatic rings. The van der Waals surface area contributed by atoms with Gasteiger partial charge in [0, 0.05) is 12.5 Å². The molecule has 0 amide bonds. The molecule has 4 nitrogen and oxygen atoms in total. The van der Waals surface area contributed by atoms with Crippen LogP contribution in [0.4, 0.5) is 0 Å². The van der Waals surface area contributed by atoms with Crippen LogP contribution in [0.5, 0.6) is 0 Å². The van der Waals surface area contributed by atoms with Crippen LogP contribution in [0.1, 0.15) is 33.0 Å². The fourth-order valence-electron chi connectivity index (χ4n) is 1.84. The first-order chi connectivity index (χ1) is 7.99. The molecule has 0 saturated heterocycles. The summed E-state index contributed by atoms with van der Waals surface area (Å²) >= 11 is 0. The summed E-state index contributed by atoms with van der Waals surface area (Å²) in [5, 5.41) is 12.2. The van der Waals surface area contributed by atoms with Crippen LogP contribution in [0, 0.1) is 5.92 Å². The zero-order chi connectivity index (χ0) is 12.8. The Morgan fingerprint density at radius 3 is 2.65 bits per heavy atom. The largest absolute Gasteiger partial charge is 0.480 e. The fraction of sp³-hybridized carbons (Fsp3) is 0.615. The van der Waals surface area contributed by atoms with Gasteiger partial charge in [-0.1, -0.05) is 13.8 Å². The molecule has 1 aromatic heterocycles. The Labute approximate surface area is 102 Å². The molecule has 0 spiro atoms. The lowest BCUT2D eigenvalue weighted by atomic mass is 10.0. The van der Waals surface area contributed by atoms with Crippen LogP contribution in [0.3, 0.4) is 0 Å². The predicted octanol–water partition coefficient (Wildman–Crippen LogP) is 2.30. The summed E-state index contributed by atoms with van der Waals surface area (Å²) in [6.07, 6.45) is 2.97. The molecule has 2 unspecified atom stereocenters. The summed E-state index contributed by atoms with van der Waals surface area (Å²) in [5.41, 5.74) is 0. The lowest BCUT2D eigenvalue weighted by Gasteiger charge is -2.20. The highest BCUT2D eigenvalue weighted by Crippen LogP contribution is 2.08. The average molecular weight is 239 g/mol. The highest BCUT2D eigenvalue weighted by atomic mass is 16.4. The lowest BCUT2D eigenvalue weighted by molar-refractivity contribution is -0.140. The number of hydrogen-bond donors (Lipinski definition) is 2. The summed E-state index contributed by atoms with van der Waals surface area (Å²) < 4.78 is 5.24. The SMILES string of the molecule is CC(C)CC(NC(C)Cc1ccco1)C(=O)O. The standard InChI is InChI=1S/C13H21NO3/c1-9(2)7-12(13(15)16)14-10(3)8-11-5-4-6-17-11/h4-6,9-10,12,14H,7-8H2,1-3H3,(H,15,16). The van der Waals surface area contributed by atoms with Gasteiger partial charge >= 0.3 is 5.97 Å². The number of carboxylic acids is 1. The molecule has 4 heteroatoms. The van der Waals surface area contributed by atoms with Crippen molar-refractivity contribution in [3.63, 3.8) is 0 Å². The molecule has 1 aromatic rings. The van der Waals surface area contributed by atoms with Crippen molar-refractivity contribution in [1.82, 2.24) is 5.32 Å². The van der Waals surface area contributed by atoms with Gasteiger partial charge in [0.05, 0.1) is 6.26 Å². The first-order valence-electron chi connectivity index (χ1n) is 6.00. The van der Waals surface area contributed by atoms with Crippen molar-refractivity contribution in [2.45, 2.75) is 45.7 Å². The second kappa shape index (κ2) is 6.45. The minimum Gasteiger partial charge on any atom is -0.480 e. The Morgan fingerprint density at radius 2 is 2.18 bits per heavy atom. The molecule has 0 aliphatic carbocycles. The van der Waals surface area contributed by atoms with E-state index in [0.29, 0.717) is 18.8 Å². The van der Waals surface area contributed by atoms with E-state index >= 15 is 0 Å². The minimum atomic E-state index is -0.787. The van der Waals surface area contributed by atoms with Crippen LogP contribution in [0.2, 0.25) is 0 Å². The third kappa shape index (κ3) is 5.04. The highest BCUT2D eigenvalue weighted by molar-refractivity contribution is 5.73. The van der Waals surface area contributed by atoms with Gasteiger partial charge in [-0.2, -0.15) is 0 Å². The van der Waals surface area contributed by atoms with Gasteiger partial charge in [0.2, 0.25) is 0 Å². The van der Waals surface area contributed by atoms with Crippen molar-refractivity contribution in [3.05, 3.63) is 24.2 Å². The van der Waals surface area contributed by atoms with Crippen molar-refractivity contribution in [3.8, 4) is 0 Å². The van der Waals surface area contributed by atoms with Gasteiger partial charge in [-0.3, -0.25) is 4.79 Å². The van der Waals surface area contributed by atoms with Crippen molar-refractivity contribution >= 4 is 5.97 Å². The van der Waals surface area contributed by atoms with Gasteiger partial charge in [0.15, 0.2) is 0 Å². The predicted molar refractivity (Wildman–Crippen MR) is 65.9 cm³/mol. The first kappa shape index (κ1) is 13.8. The van der Waals surface area contributed by atoms with Crippen LogP contribution in [0.15, 0.2) is 22.8 Å². The van der Waals surface area contributed by atoms with Crippen LogP contribution < -0.4 is 5.32 Å². The zero-order valence-corrected chi connectivity index (χ0v) is 10.6. The maximum absolute atomic E-state index is 11.1. The Balaban J connectivity index is 2.46. The Kier molecular flexibility index (Phi) is 5.22. The van der Waals surface area contributed by atoms with Gasteiger partial charge in [-0.05, 0) is 31.4 Å². The molecule has 1 rings (SSSR count). The molecule has 17 heavy (non-hydrogen) atoms.